The average Bonchev–Trinajstić information content (AvgIpc) is 2.61. The Morgan fingerprint density at radius 1 is 1.56 bits per heavy atom. The molecule has 0 bridgehead atoms. The van der Waals surface area contributed by atoms with Gasteiger partial charge in [0.2, 0.25) is 5.91 Å². The van der Waals surface area contributed by atoms with Gasteiger partial charge in [0.05, 0.1) is 12.5 Å². The fourth-order valence-electron chi connectivity index (χ4n) is 1.36. The van der Waals surface area contributed by atoms with Crippen LogP contribution in [0, 0.1) is 5.92 Å². The Labute approximate surface area is 96.3 Å². The number of aliphatic hydroxyl groups is 1. The maximum atomic E-state index is 11.5. The molecule has 1 aromatic rings. The summed E-state index contributed by atoms with van der Waals surface area (Å²) in [4.78, 5) is 11.5. The van der Waals surface area contributed by atoms with Crippen LogP contribution in [0.4, 0.5) is 0 Å². The number of hydrogen-bond donors (Lipinski definition) is 2. The lowest BCUT2D eigenvalue weighted by atomic mass is 10.0. The van der Waals surface area contributed by atoms with E-state index in [1.807, 2.05) is 43.9 Å². The number of aryl methyl sites for hydroxylation is 1. The number of nitrogens with zero attached hydrogens (tertiary/aromatic N) is 1. The van der Waals surface area contributed by atoms with Crippen molar-refractivity contribution in [1.82, 2.24) is 9.88 Å². The lowest BCUT2D eigenvalue weighted by Gasteiger charge is -2.13. The molecule has 4 heteroatoms. The maximum absolute atomic E-state index is 11.5. The number of carbonyl (C=O) groups excluding carboxylic acids is 1. The predicted molar refractivity (Wildman–Crippen MR) is 62.7 cm³/mol. The average molecular weight is 224 g/mol. The molecule has 0 aliphatic heterocycles. The van der Waals surface area contributed by atoms with Gasteiger partial charge >= 0.3 is 0 Å². The number of amides is 1. The summed E-state index contributed by atoms with van der Waals surface area (Å²) in [6.45, 7) is 4.31. The van der Waals surface area contributed by atoms with E-state index in [0.29, 0.717) is 6.54 Å². The molecule has 2 N–H and O–H groups in total. The quantitative estimate of drug-likeness (QED) is 0.785. The van der Waals surface area contributed by atoms with Gasteiger partial charge in [-0.15, -0.1) is 0 Å². The minimum Gasteiger partial charge on any atom is -0.392 e. The number of rotatable bonds is 5. The molecule has 0 saturated heterocycles. The van der Waals surface area contributed by atoms with E-state index in [1.54, 1.807) is 0 Å². The van der Waals surface area contributed by atoms with E-state index in [4.69, 9.17) is 0 Å². The third-order valence-electron chi connectivity index (χ3n) is 2.55. The molecule has 0 radical (unpaired) electrons. The highest BCUT2D eigenvalue weighted by molar-refractivity contribution is 5.76. The van der Waals surface area contributed by atoms with Crippen molar-refractivity contribution < 1.29 is 9.90 Å². The van der Waals surface area contributed by atoms with E-state index in [9.17, 15) is 9.90 Å². The predicted octanol–water partition coefficient (Wildman–Crippen LogP) is 1.05. The van der Waals surface area contributed by atoms with Crippen LogP contribution in [-0.4, -0.2) is 21.7 Å². The molecule has 0 spiro atoms. The van der Waals surface area contributed by atoms with Crippen LogP contribution >= 0.6 is 0 Å². The fraction of sp³-hybridized carbons (Fsp3) is 0.583. The first-order valence-electron chi connectivity index (χ1n) is 5.54. The first-order valence-corrected chi connectivity index (χ1v) is 5.54. The van der Waals surface area contributed by atoms with Gasteiger partial charge in [0, 0.05) is 26.0 Å². The van der Waals surface area contributed by atoms with Crippen molar-refractivity contribution in [2.75, 3.05) is 0 Å². The maximum Gasteiger partial charge on any atom is 0.222 e. The smallest absolute Gasteiger partial charge is 0.222 e. The summed E-state index contributed by atoms with van der Waals surface area (Å²) in [5.41, 5.74) is 1.06. The van der Waals surface area contributed by atoms with Crippen molar-refractivity contribution in [1.29, 1.82) is 0 Å². The third-order valence-corrected chi connectivity index (χ3v) is 2.55. The summed E-state index contributed by atoms with van der Waals surface area (Å²) in [5.74, 6) is 0.00697. The van der Waals surface area contributed by atoms with Crippen LogP contribution in [0.1, 0.15) is 25.8 Å². The van der Waals surface area contributed by atoms with Gasteiger partial charge in [-0.2, -0.15) is 0 Å². The zero-order valence-corrected chi connectivity index (χ0v) is 10.1. The minimum atomic E-state index is -0.559. The van der Waals surface area contributed by atoms with Gasteiger partial charge in [-0.25, -0.2) is 0 Å². The monoisotopic (exact) mass is 224 g/mol. The summed E-state index contributed by atoms with van der Waals surface area (Å²) >= 11 is 0. The van der Waals surface area contributed by atoms with Crippen molar-refractivity contribution in [2.45, 2.75) is 32.9 Å². The van der Waals surface area contributed by atoms with Crippen molar-refractivity contribution >= 4 is 5.91 Å². The van der Waals surface area contributed by atoms with Crippen LogP contribution in [0.25, 0.3) is 0 Å². The van der Waals surface area contributed by atoms with Crippen molar-refractivity contribution in [2.24, 2.45) is 13.0 Å². The highest BCUT2D eigenvalue weighted by atomic mass is 16.3. The Morgan fingerprint density at radius 3 is 2.75 bits per heavy atom. The Morgan fingerprint density at radius 2 is 2.25 bits per heavy atom. The van der Waals surface area contributed by atoms with Crippen LogP contribution in [0.3, 0.4) is 0 Å². The van der Waals surface area contributed by atoms with Crippen LogP contribution in [-0.2, 0) is 18.4 Å². The second kappa shape index (κ2) is 5.70. The lowest BCUT2D eigenvalue weighted by Crippen LogP contribution is -2.29. The number of hydrogen-bond acceptors (Lipinski definition) is 2. The summed E-state index contributed by atoms with van der Waals surface area (Å²) in [7, 11) is 1.94. The number of nitrogens with one attached hydrogen (secondary N) is 1. The van der Waals surface area contributed by atoms with Gasteiger partial charge < -0.3 is 15.0 Å². The van der Waals surface area contributed by atoms with E-state index in [0.717, 1.165) is 5.56 Å². The Balaban J connectivity index is 2.30. The van der Waals surface area contributed by atoms with Gasteiger partial charge in [-0.3, -0.25) is 4.79 Å². The molecule has 0 saturated carbocycles. The summed E-state index contributed by atoms with van der Waals surface area (Å²) in [5, 5.41) is 12.3. The third kappa shape index (κ3) is 4.06. The summed E-state index contributed by atoms with van der Waals surface area (Å²) < 4.78 is 1.93. The van der Waals surface area contributed by atoms with E-state index in [2.05, 4.69) is 5.32 Å². The van der Waals surface area contributed by atoms with Crippen molar-refractivity contribution in [3.05, 3.63) is 24.0 Å². The zero-order chi connectivity index (χ0) is 12.1. The lowest BCUT2D eigenvalue weighted by molar-refractivity contribution is -0.123. The second-order valence-corrected chi connectivity index (χ2v) is 4.48. The second-order valence-electron chi connectivity index (χ2n) is 4.48. The van der Waals surface area contributed by atoms with Crippen LogP contribution in [0.2, 0.25) is 0 Å². The van der Waals surface area contributed by atoms with Gasteiger partial charge in [0.25, 0.3) is 0 Å². The zero-order valence-electron chi connectivity index (χ0n) is 10.1. The first kappa shape index (κ1) is 12.8. The van der Waals surface area contributed by atoms with Gasteiger partial charge in [-0.1, -0.05) is 13.8 Å². The summed E-state index contributed by atoms with van der Waals surface area (Å²) in [6, 6.07) is 1.96. The molecule has 16 heavy (non-hydrogen) atoms. The molecular formula is C12H20N2O2. The van der Waals surface area contributed by atoms with Gasteiger partial charge in [0.15, 0.2) is 0 Å². The molecule has 1 heterocycles. The molecule has 1 amide bonds. The van der Waals surface area contributed by atoms with Crippen LogP contribution in [0.15, 0.2) is 18.5 Å². The molecule has 0 aliphatic rings. The highest BCUT2D eigenvalue weighted by Crippen LogP contribution is 2.05. The molecule has 1 aromatic heterocycles. The number of aliphatic hydroxyl groups excluding tert-OH is 1. The Hall–Kier alpha value is -1.29. The van der Waals surface area contributed by atoms with Crippen molar-refractivity contribution in [3.8, 4) is 0 Å². The van der Waals surface area contributed by atoms with Crippen LogP contribution < -0.4 is 5.32 Å². The molecule has 0 aliphatic carbocycles. The number of carbonyl (C=O) groups is 1. The van der Waals surface area contributed by atoms with E-state index in [-0.39, 0.29) is 18.2 Å². The normalized spacial score (nSPS) is 12.8. The molecular weight excluding hydrogens is 204 g/mol. The van der Waals surface area contributed by atoms with Crippen molar-refractivity contribution in [3.63, 3.8) is 0 Å². The Bertz CT molecular complexity index is 345. The molecule has 0 fully saturated rings. The van der Waals surface area contributed by atoms with Gasteiger partial charge in [0.1, 0.15) is 0 Å². The van der Waals surface area contributed by atoms with Crippen LogP contribution in [0.5, 0.6) is 0 Å². The molecule has 0 aromatic carbocycles. The molecule has 1 atom stereocenters. The fourth-order valence-corrected chi connectivity index (χ4v) is 1.36. The van der Waals surface area contributed by atoms with Gasteiger partial charge in [-0.05, 0) is 17.5 Å². The SMILES string of the molecule is CC(C)C(O)CC(=O)NCc1ccn(C)c1. The molecule has 90 valence electrons. The first-order chi connectivity index (χ1) is 7.49. The van der Waals surface area contributed by atoms with E-state index >= 15 is 0 Å². The van der Waals surface area contributed by atoms with E-state index < -0.39 is 6.10 Å². The molecule has 4 nitrogen and oxygen atoms in total. The molecule has 1 rings (SSSR count). The Kier molecular flexibility index (Phi) is 4.55. The summed E-state index contributed by atoms with van der Waals surface area (Å²) in [6.07, 6.45) is 3.50. The highest BCUT2D eigenvalue weighted by Gasteiger charge is 2.13. The van der Waals surface area contributed by atoms with E-state index in [1.165, 1.54) is 0 Å². The largest absolute Gasteiger partial charge is 0.392 e. The topological polar surface area (TPSA) is 54.3 Å². The standard InChI is InChI=1S/C12H20N2O2/c1-9(2)11(15)6-12(16)13-7-10-4-5-14(3)8-10/h4-5,8-9,11,15H,6-7H2,1-3H3,(H,13,16). The molecule has 1 unspecified atom stereocenters. The number of aromatic nitrogens is 1. The minimum absolute atomic E-state index is 0.106.